The third-order valence-electron chi connectivity index (χ3n) is 5.73. The van der Waals surface area contributed by atoms with E-state index in [9.17, 15) is 4.79 Å². The minimum atomic E-state index is -0.341. The van der Waals surface area contributed by atoms with Crippen LogP contribution in [0.25, 0.3) is 21.2 Å². The fourth-order valence-electron chi connectivity index (χ4n) is 4.30. The van der Waals surface area contributed by atoms with Gasteiger partial charge in [0.25, 0.3) is 0 Å². The molecule has 0 amide bonds. The van der Waals surface area contributed by atoms with Gasteiger partial charge in [0, 0.05) is 22.4 Å². The lowest BCUT2D eigenvalue weighted by molar-refractivity contribution is 0.464. The fraction of sp³-hybridized carbons (Fsp3) is 0.375. The number of ether oxygens (including phenoxy) is 1. The van der Waals surface area contributed by atoms with Gasteiger partial charge >= 0.3 is 5.63 Å². The van der Waals surface area contributed by atoms with E-state index in [2.05, 4.69) is 23.8 Å². The zero-order chi connectivity index (χ0) is 20.8. The van der Waals surface area contributed by atoms with E-state index in [1.807, 2.05) is 19.1 Å². The first kappa shape index (κ1) is 19.2. The Morgan fingerprint density at radius 2 is 1.93 bits per heavy atom. The molecule has 0 bridgehead atoms. The summed E-state index contributed by atoms with van der Waals surface area (Å²) < 4.78 is 11.7. The standard InChI is InChI=1S/C24H24N2O3S/c1-13(2)18-12-21(27)29-19-11-15(9-10-16(18)19)28-23-22-17-7-5-4-6-8-20(17)30-24(22)26-14(3)25-23/h9-13H,4-8H2,1-3H3. The van der Waals surface area contributed by atoms with E-state index < -0.39 is 0 Å². The third kappa shape index (κ3) is 3.39. The average Bonchev–Trinajstić information content (AvgIpc) is 2.88. The van der Waals surface area contributed by atoms with Gasteiger partial charge < -0.3 is 9.15 Å². The summed E-state index contributed by atoms with van der Waals surface area (Å²) in [6, 6.07) is 7.24. The molecule has 0 fully saturated rings. The Morgan fingerprint density at radius 1 is 1.10 bits per heavy atom. The van der Waals surface area contributed by atoms with Crippen LogP contribution in [0.15, 0.2) is 33.5 Å². The molecule has 0 saturated heterocycles. The number of nitrogens with zero attached hydrogens (tertiary/aromatic N) is 2. The maximum atomic E-state index is 12.0. The van der Waals surface area contributed by atoms with Crippen LogP contribution in [0.5, 0.6) is 11.6 Å². The second kappa shape index (κ2) is 7.51. The summed E-state index contributed by atoms with van der Waals surface area (Å²) in [7, 11) is 0. The molecule has 0 atom stereocenters. The van der Waals surface area contributed by atoms with Gasteiger partial charge in [0.2, 0.25) is 5.88 Å². The number of hydrogen-bond donors (Lipinski definition) is 0. The molecule has 5 nitrogen and oxygen atoms in total. The van der Waals surface area contributed by atoms with E-state index in [-0.39, 0.29) is 11.5 Å². The van der Waals surface area contributed by atoms with Crippen LogP contribution in [-0.2, 0) is 12.8 Å². The lowest BCUT2D eigenvalue weighted by Crippen LogP contribution is -2.02. The van der Waals surface area contributed by atoms with Crippen molar-refractivity contribution in [1.29, 1.82) is 0 Å². The molecule has 30 heavy (non-hydrogen) atoms. The SMILES string of the molecule is Cc1nc(Oc2ccc3c(C(C)C)cc(=O)oc3c2)c2c3c(sc2n1)CCCCC3. The highest BCUT2D eigenvalue weighted by Crippen LogP contribution is 2.40. The van der Waals surface area contributed by atoms with Crippen molar-refractivity contribution < 1.29 is 9.15 Å². The summed E-state index contributed by atoms with van der Waals surface area (Å²) in [6.07, 6.45) is 5.82. The molecule has 3 aromatic heterocycles. The molecule has 0 saturated carbocycles. The van der Waals surface area contributed by atoms with E-state index in [1.165, 1.54) is 29.7 Å². The van der Waals surface area contributed by atoms with E-state index >= 15 is 0 Å². The van der Waals surface area contributed by atoms with Crippen molar-refractivity contribution in [2.24, 2.45) is 0 Å². The maximum Gasteiger partial charge on any atom is 0.336 e. The van der Waals surface area contributed by atoms with Gasteiger partial charge in [-0.25, -0.2) is 9.78 Å². The Labute approximate surface area is 178 Å². The monoisotopic (exact) mass is 420 g/mol. The highest BCUT2D eigenvalue weighted by Gasteiger charge is 2.21. The van der Waals surface area contributed by atoms with Crippen LogP contribution in [0.4, 0.5) is 0 Å². The highest BCUT2D eigenvalue weighted by atomic mass is 32.1. The van der Waals surface area contributed by atoms with Crippen LogP contribution in [0.2, 0.25) is 0 Å². The van der Waals surface area contributed by atoms with Crippen molar-refractivity contribution >= 4 is 32.5 Å². The lowest BCUT2D eigenvalue weighted by atomic mass is 10.00. The van der Waals surface area contributed by atoms with E-state index in [0.29, 0.717) is 23.0 Å². The molecular formula is C24H24N2O3S. The molecule has 0 unspecified atom stereocenters. The fourth-order valence-corrected chi connectivity index (χ4v) is 5.59. The number of rotatable bonds is 3. The molecule has 5 rings (SSSR count). The van der Waals surface area contributed by atoms with Crippen LogP contribution in [0.3, 0.4) is 0 Å². The molecule has 6 heteroatoms. The normalized spacial score (nSPS) is 14.3. The van der Waals surface area contributed by atoms with E-state index in [4.69, 9.17) is 9.15 Å². The average molecular weight is 421 g/mol. The number of fused-ring (bicyclic) bond motifs is 4. The molecule has 1 aliphatic rings. The maximum absolute atomic E-state index is 12.0. The molecule has 1 aliphatic carbocycles. The number of benzene rings is 1. The molecule has 4 aromatic rings. The second-order valence-electron chi connectivity index (χ2n) is 8.26. The number of aryl methyl sites for hydroxylation is 3. The summed E-state index contributed by atoms with van der Waals surface area (Å²) in [4.78, 5) is 23.7. The Kier molecular flexibility index (Phi) is 4.82. The van der Waals surface area contributed by atoms with Crippen molar-refractivity contribution in [3.8, 4) is 11.6 Å². The second-order valence-corrected chi connectivity index (χ2v) is 9.34. The predicted molar refractivity (Wildman–Crippen MR) is 120 cm³/mol. The van der Waals surface area contributed by atoms with Gasteiger partial charge in [-0.15, -0.1) is 11.3 Å². The zero-order valence-corrected chi connectivity index (χ0v) is 18.3. The Morgan fingerprint density at radius 3 is 2.77 bits per heavy atom. The smallest absolute Gasteiger partial charge is 0.336 e. The van der Waals surface area contributed by atoms with Crippen molar-refractivity contribution in [2.45, 2.75) is 58.8 Å². The van der Waals surface area contributed by atoms with E-state index in [0.717, 1.165) is 34.0 Å². The topological polar surface area (TPSA) is 65.2 Å². The summed E-state index contributed by atoms with van der Waals surface area (Å²) in [6.45, 7) is 6.04. The number of thiophene rings is 1. The Balaban J connectivity index is 1.63. The molecular weight excluding hydrogens is 396 g/mol. The van der Waals surface area contributed by atoms with Gasteiger partial charge in [-0.3, -0.25) is 0 Å². The summed E-state index contributed by atoms with van der Waals surface area (Å²) >= 11 is 1.77. The molecule has 0 radical (unpaired) electrons. The molecule has 0 spiro atoms. The molecule has 3 heterocycles. The lowest BCUT2D eigenvalue weighted by Gasteiger charge is -2.11. The minimum absolute atomic E-state index is 0.230. The van der Waals surface area contributed by atoms with Gasteiger partial charge in [-0.2, -0.15) is 4.98 Å². The van der Waals surface area contributed by atoms with Gasteiger partial charge in [0.15, 0.2) is 0 Å². The van der Waals surface area contributed by atoms with Crippen molar-refractivity contribution in [1.82, 2.24) is 9.97 Å². The molecule has 0 aliphatic heterocycles. The van der Waals surface area contributed by atoms with Gasteiger partial charge in [-0.1, -0.05) is 20.3 Å². The zero-order valence-electron chi connectivity index (χ0n) is 17.4. The molecule has 1 aromatic carbocycles. The first-order valence-electron chi connectivity index (χ1n) is 10.5. The largest absolute Gasteiger partial charge is 0.438 e. The van der Waals surface area contributed by atoms with Crippen molar-refractivity contribution in [3.63, 3.8) is 0 Å². The van der Waals surface area contributed by atoms with Gasteiger partial charge in [-0.05, 0) is 61.8 Å². The van der Waals surface area contributed by atoms with Crippen LogP contribution in [-0.4, -0.2) is 9.97 Å². The highest BCUT2D eigenvalue weighted by molar-refractivity contribution is 7.18. The van der Waals surface area contributed by atoms with Crippen molar-refractivity contribution in [2.75, 3.05) is 0 Å². The predicted octanol–water partition coefficient (Wildman–Crippen LogP) is 6.29. The van der Waals surface area contributed by atoms with Gasteiger partial charge in [0.05, 0.1) is 5.39 Å². The molecule has 0 N–H and O–H groups in total. The van der Waals surface area contributed by atoms with Crippen molar-refractivity contribution in [3.05, 3.63) is 56.5 Å². The molecule has 154 valence electrons. The first-order chi connectivity index (χ1) is 14.5. The first-order valence-corrected chi connectivity index (χ1v) is 11.4. The Hall–Kier alpha value is -2.73. The minimum Gasteiger partial charge on any atom is -0.438 e. The van der Waals surface area contributed by atoms with Crippen LogP contribution < -0.4 is 10.4 Å². The summed E-state index contributed by atoms with van der Waals surface area (Å²) in [5, 5.41) is 1.98. The van der Waals surface area contributed by atoms with Crippen LogP contribution >= 0.6 is 11.3 Å². The number of aromatic nitrogens is 2. The van der Waals surface area contributed by atoms with Crippen LogP contribution in [0, 0.1) is 6.92 Å². The number of hydrogen-bond acceptors (Lipinski definition) is 6. The summed E-state index contributed by atoms with van der Waals surface area (Å²) in [5.74, 6) is 2.13. The third-order valence-corrected chi connectivity index (χ3v) is 6.91. The van der Waals surface area contributed by atoms with E-state index in [1.54, 1.807) is 23.5 Å². The van der Waals surface area contributed by atoms with Gasteiger partial charge in [0.1, 0.15) is 22.0 Å². The quantitative estimate of drug-likeness (QED) is 0.288. The summed E-state index contributed by atoms with van der Waals surface area (Å²) in [5.41, 5.74) is 2.52. The Bertz CT molecular complexity index is 1320. The van der Waals surface area contributed by atoms with Crippen LogP contribution in [0.1, 0.15) is 60.9 Å².